The van der Waals surface area contributed by atoms with E-state index in [4.69, 9.17) is 0 Å². The van der Waals surface area contributed by atoms with E-state index in [1.165, 1.54) is 24.2 Å². The average molecular weight is 369 g/mol. The van der Waals surface area contributed by atoms with Gasteiger partial charge in [0.1, 0.15) is 4.83 Å². The third-order valence-electron chi connectivity index (χ3n) is 5.17. The number of likely N-dealkylation sites (tertiary alicyclic amines) is 1. The molecule has 0 radical (unpaired) electrons. The van der Waals surface area contributed by atoms with Crippen LogP contribution in [0, 0.1) is 6.92 Å². The number of thiophene rings is 1. The number of nitrogens with one attached hydrogen (secondary N) is 1. The standard InChI is InChI=1S/C20H24N4OS/c1-3-23-11-7-10-16(23)13-21-19(25)18-12-17-14(2)22-24(20(17)26-18)15-8-5-4-6-9-15/h4-6,8-9,12,16H,3,7,10-11,13H2,1-2H3,(H,21,25)/t16-/m1/s1. The SMILES string of the molecule is CCN1CCC[C@@H]1CNC(=O)c1cc2c(C)nn(-c3ccccc3)c2s1. The second-order valence-corrected chi connectivity index (χ2v) is 7.83. The van der Waals surface area contributed by atoms with Crippen LogP contribution >= 0.6 is 11.3 Å². The molecule has 1 amide bonds. The summed E-state index contributed by atoms with van der Waals surface area (Å²) in [7, 11) is 0. The molecule has 1 fully saturated rings. The van der Waals surface area contributed by atoms with Crippen LogP contribution in [0.2, 0.25) is 0 Å². The smallest absolute Gasteiger partial charge is 0.261 e. The van der Waals surface area contributed by atoms with Gasteiger partial charge in [0.25, 0.3) is 5.91 Å². The summed E-state index contributed by atoms with van der Waals surface area (Å²) in [6.45, 7) is 7.10. The van der Waals surface area contributed by atoms with Crippen molar-refractivity contribution >= 4 is 27.5 Å². The number of nitrogens with zero attached hydrogens (tertiary/aromatic N) is 3. The highest BCUT2D eigenvalue weighted by Gasteiger charge is 2.24. The lowest BCUT2D eigenvalue weighted by molar-refractivity contribution is 0.0945. The van der Waals surface area contributed by atoms with Gasteiger partial charge in [-0.3, -0.25) is 9.69 Å². The molecule has 0 spiro atoms. The van der Waals surface area contributed by atoms with Crippen LogP contribution in [0.25, 0.3) is 15.9 Å². The zero-order chi connectivity index (χ0) is 18.1. The topological polar surface area (TPSA) is 50.2 Å². The van der Waals surface area contributed by atoms with E-state index in [9.17, 15) is 4.79 Å². The van der Waals surface area contributed by atoms with Crippen LogP contribution < -0.4 is 5.32 Å². The van der Waals surface area contributed by atoms with Crippen molar-refractivity contribution < 1.29 is 4.79 Å². The van der Waals surface area contributed by atoms with Crippen molar-refractivity contribution in [1.82, 2.24) is 20.0 Å². The molecular formula is C20H24N4OS. The maximum Gasteiger partial charge on any atom is 0.261 e. The van der Waals surface area contributed by atoms with Gasteiger partial charge in [-0.1, -0.05) is 25.1 Å². The van der Waals surface area contributed by atoms with Crippen molar-refractivity contribution in [2.45, 2.75) is 32.7 Å². The first-order valence-electron chi connectivity index (χ1n) is 9.24. The highest BCUT2D eigenvalue weighted by Crippen LogP contribution is 2.30. The number of benzene rings is 1. The van der Waals surface area contributed by atoms with E-state index in [1.807, 2.05) is 48.0 Å². The minimum atomic E-state index is 0.0214. The molecule has 0 bridgehead atoms. The van der Waals surface area contributed by atoms with Crippen LogP contribution in [0.1, 0.15) is 35.1 Å². The predicted molar refractivity (Wildman–Crippen MR) is 106 cm³/mol. The number of carbonyl (C=O) groups excluding carboxylic acids is 1. The molecule has 2 aromatic heterocycles. The molecule has 1 N–H and O–H groups in total. The van der Waals surface area contributed by atoms with Gasteiger partial charge in [-0.2, -0.15) is 5.10 Å². The van der Waals surface area contributed by atoms with Crippen molar-refractivity contribution in [3.63, 3.8) is 0 Å². The van der Waals surface area contributed by atoms with E-state index in [0.717, 1.165) is 46.1 Å². The first kappa shape index (κ1) is 17.2. The largest absolute Gasteiger partial charge is 0.350 e. The molecule has 3 aromatic rings. The summed E-state index contributed by atoms with van der Waals surface area (Å²) in [6.07, 6.45) is 2.39. The van der Waals surface area contributed by atoms with Crippen LogP contribution in [0.15, 0.2) is 36.4 Å². The van der Waals surface area contributed by atoms with E-state index in [1.54, 1.807) is 0 Å². The maximum atomic E-state index is 12.7. The molecular weight excluding hydrogens is 344 g/mol. The van der Waals surface area contributed by atoms with E-state index in [2.05, 4.69) is 22.2 Å². The summed E-state index contributed by atoms with van der Waals surface area (Å²) >= 11 is 1.51. The van der Waals surface area contributed by atoms with Crippen LogP contribution in [-0.2, 0) is 0 Å². The molecule has 0 saturated carbocycles. The summed E-state index contributed by atoms with van der Waals surface area (Å²) in [6, 6.07) is 12.5. The summed E-state index contributed by atoms with van der Waals surface area (Å²) in [5, 5.41) is 8.83. The Hall–Kier alpha value is -2.18. The van der Waals surface area contributed by atoms with Crippen LogP contribution in [0.4, 0.5) is 0 Å². The Morgan fingerprint density at radius 2 is 2.15 bits per heavy atom. The van der Waals surface area contributed by atoms with Gasteiger partial charge in [-0.25, -0.2) is 4.68 Å². The molecule has 3 heterocycles. The van der Waals surface area contributed by atoms with Gasteiger partial charge in [-0.15, -0.1) is 11.3 Å². The third kappa shape index (κ3) is 3.15. The van der Waals surface area contributed by atoms with E-state index in [-0.39, 0.29) is 5.91 Å². The highest BCUT2D eigenvalue weighted by molar-refractivity contribution is 7.20. The Morgan fingerprint density at radius 3 is 2.92 bits per heavy atom. The molecule has 1 saturated heterocycles. The number of aryl methyl sites for hydroxylation is 1. The minimum Gasteiger partial charge on any atom is -0.350 e. The molecule has 5 nitrogen and oxygen atoms in total. The predicted octanol–water partition coefficient (Wildman–Crippen LogP) is 3.61. The molecule has 26 heavy (non-hydrogen) atoms. The second-order valence-electron chi connectivity index (χ2n) is 6.80. The fourth-order valence-corrected chi connectivity index (χ4v) is 4.84. The van der Waals surface area contributed by atoms with Crippen molar-refractivity contribution in [2.75, 3.05) is 19.6 Å². The highest BCUT2D eigenvalue weighted by atomic mass is 32.1. The lowest BCUT2D eigenvalue weighted by atomic mass is 10.2. The average Bonchev–Trinajstić information content (AvgIpc) is 3.36. The van der Waals surface area contributed by atoms with Gasteiger partial charge >= 0.3 is 0 Å². The Kier molecular flexibility index (Phi) is 4.78. The quantitative estimate of drug-likeness (QED) is 0.748. The molecule has 0 aliphatic carbocycles. The van der Waals surface area contributed by atoms with E-state index in [0.29, 0.717) is 6.04 Å². The normalized spacial score (nSPS) is 17.8. The molecule has 1 aliphatic rings. The van der Waals surface area contributed by atoms with Crippen LogP contribution in [0.5, 0.6) is 0 Å². The van der Waals surface area contributed by atoms with Crippen molar-refractivity contribution in [3.8, 4) is 5.69 Å². The number of hydrogen-bond acceptors (Lipinski definition) is 4. The van der Waals surface area contributed by atoms with Crippen molar-refractivity contribution in [2.24, 2.45) is 0 Å². The molecule has 1 atom stereocenters. The first-order chi connectivity index (χ1) is 12.7. The summed E-state index contributed by atoms with van der Waals surface area (Å²) in [5.41, 5.74) is 1.97. The van der Waals surface area contributed by atoms with Crippen LogP contribution in [-0.4, -0.2) is 46.3 Å². The van der Waals surface area contributed by atoms with Crippen LogP contribution in [0.3, 0.4) is 0 Å². The Morgan fingerprint density at radius 1 is 1.35 bits per heavy atom. The Balaban J connectivity index is 1.55. The first-order valence-corrected chi connectivity index (χ1v) is 10.1. The third-order valence-corrected chi connectivity index (χ3v) is 6.28. The monoisotopic (exact) mass is 368 g/mol. The van der Waals surface area contributed by atoms with Crippen molar-refractivity contribution in [1.29, 1.82) is 0 Å². The summed E-state index contributed by atoms with van der Waals surface area (Å²) in [4.78, 5) is 16.9. The second kappa shape index (κ2) is 7.21. The number of likely N-dealkylation sites (N-methyl/N-ethyl adjacent to an activating group) is 1. The zero-order valence-corrected chi connectivity index (χ0v) is 16.1. The lowest BCUT2D eigenvalue weighted by Gasteiger charge is -2.22. The minimum absolute atomic E-state index is 0.0214. The Bertz CT molecular complexity index is 915. The summed E-state index contributed by atoms with van der Waals surface area (Å²) in [5.74, 6) is 0.0214. The fraction of sp³-hybridized carbons (Fsp3) is 0.400. The number of rotatable bonds is 5. The van der Waals surface area contributed by atoms with Gasteiger partial charge in [0.05, 0.1) is 16.3 Å². The van der Waals surface area contributed by atoms with Gasteiger partial charge in [0, 0.05) is 18.0 Å². The molecule has 1 aliphatic heterocycles. The maximum absolute atomic E-state index is 12.7. The fourth-order valence-electron chi connectivity index (χ4n) is 3.74. The van der Waals surface area contributed by atoms with Gasteiger partial charge in [0.2, 0.25) is 0 Å². The van der Waals surface area contributed by atoms with Gasteiger partial charge in [0.15, 0.2) is 0 Å². The lowest BCUT2D eigenvalue weighted by Crippen LogP contribution is -2.39. The number of fused-ring (bicyclic) bond motifs is 1. The number of aromatic nitrogens is 2. The molecule has 6 heteroatoms. The zero-order valence-electron chi connectivity index (χ0n) is 15.2. The van der Waals surface area contributed by atoms with Gasteiger partial charge in [-0.05, 0) is 51.1 Å². The summed E-state index contributed by atoms with van der Waals surface area (Å²) < 4.78 is 1.93. The van der Waals surface area contributed by atoms with Crippen molar-refractivity contribution in [3.05, 3.63) is 47.0 Å². The number of para-hydroxylation sites is 1. The Labute approximate surface area is 157 Å². The van der Waals surface area contributed by atoms with Gasteiger partial charge < -0.3 is 5.32 Å². The molecule has 136 valence electrons. The molecule has 0 unspecified atom stereocenters. The molecule has 1 aromatic carbocycles. The molecule has 4 rings (SSSR count). The number of carbonyl (C=O) groups is 1. The van der Waals surface area contributed by atoms with E-state index >= 15 is 0 Å². The number of amides is 1. The van der Waals surface area contributed by atoms with E-state index < -0.39 is 0 Å². The number of hydrogen-bond donors (Lipinski definition) is 1.